The molecule has 0 aromatic heterocycles. The first kappa shape index (κ1) is 25.4. The van der Waals surface area contributed by atoms with Crippen molar-refractivity contribution in [2.75, 3.05) is 29.9 Å². The zero-order chi connectivity index (χ0) is 25.0. The fraction of sp³-hybridized carbons (Fsp3) is 0.417. The van der Waals surface area contributed by atoms with E-state index in [4.69, 9.17) is 4.74 Å². The summed E-state index contributed by atoms with van der Waals surface area (Å²) in [7, 11) is 0. The van der Waals surface area contributed by atoms with E-state index in [0.29, 0.717) is 29.9 Å². The minimum absolute atomic E-state index is 0.0956. The molecule has 184 valence electrons. The quantitative estimate of drug-likeness (QED) is 0.553. The van der Waals surface area contributed by atoms with Crippen molar-refractivity contribution in [3.8, 4) is 5.75 Å². The van der Waals surface area contributed by atoms with Crippen molar-refractivity contribution >= 4 is 23.3 Å². The van der Waals surface area contributed by atoms with Crippen LogP contribution in [0.15, 0.2) is 36.4 Å². The van der Waals surface area contributed by atoms with Gasteiger partial charge in [0, 0.05) is 31.4 Å². The number of hydrogen-bond donors (Lipinski definition) is 3. The molecule has 2 aromatic carbocycles. The van der Waals surface area contributed by atoms with E-state index in [-0.39, 0.29) is 23.0 Å². The van der Waals surface area contributed by atoms with Gasteiger partial charge in [-0.05, 0) is 50.1 Å². The summed E-state index contributed by atoms with van der Waals surface area (Å²) in [5.74, 6) is -2.19. The smallest absolute Gasteiger partial charge is 0.393 e. The summed E-state index contributed by atoms with van der Waals surface area (Å²) < 4.78 is 45.2. The van der Waals surface area contributed by atoms with E-state index in [2.05, 4.69) is 10.6 Å². The summed E-state index contributed by atoms with van der Waals surface area (Å²) in [6.07, 6.45) is -8.09. The molecule has 7 nitrogen and oxygen atoms in total. The lowest BCUT2D eigenvalue weighted by molar-refractivity contribution is -0.158. The van der Waals surface area contributed by atoms with E-state index in [9.17, 15) is 27.9 Å². The van der Waals surface area contributed by atoms with Crippen LogP contribution in [0.2, 0.25) is 0 Å². The van der Waals surface area contributed by atoms with Gasteiger partial charge in [-0.3, -0.25) is 4.79 Å². The number of aryl methyl sites for hydroxylation is 2. The predicted molar refractivity (Wildman–Crippen MR) is 123 cm³/mol. The molecule has 2 atom stereocenters. The largest absolute Gasteiger partial charge is 0.480 e. The van der Waals surface area contributed by atoms with Crippen molar-refractivity contribution in [3.63, 3.8) is 0 Å². The Bertz CT molecular complexity index is 1040. The molecule has 0 bridgehead atoms. The van der Waals surface area contributed by atoms with Crippen molar-refractivity contribution in [1.82, 2.24) is 5.32 Å². The number of hydrogen-bond acceptors (Lipinski definition) is 5. The normalized spacial score (nSPS) is 17.2. The fourth-order valence-electron chi connectivity index (χ4n) is 3.92. The first-order valence-electron chi connectivity index (χ1n) is 10.9. The molecule has 0 saturated carbocycles. The van der Waals surface area contributed by atoms with Crippen molar-refractivity contribution in [2.24, 2.45) is 0 Å². The second-order valence-corrected chi connectivity index (χ2v) is 8.47. The monoisotopic (exact) mass is 479 g/mol. The molecule has 1 fully saturated rings. The third-order valence-electron chi connectivity index (χ3n) is 5.60. The number of amides is 1. The molecule has 0 spiro atoms. The Balaban J connectivity index is 1.87. The van der Waals surface area contributed by atoms with E-state index in [1.165, 1.54) is 12.1 Å². The summed E-state index contributed by atoms with van der Waals surface area (Å²) in [5.41, 5.74) is 1.51. The average Bonchev–Trinajstić information content (AvgIpc) is 2.74. The third kappa shape index (κ3) is 6.40. The molecular formula is C24H28F3N3O4. The van der Waals surface area contributed by atoms with Crippen molar-refractivity contribution < 1.29 is 32.6 Å². The fourth-order valence-corrected chi connectivity index (χ4v) is 3.92. The van der Waals surface area contributed by atoms with Gasteiger partial charge in [-0.15, -0.1) is 0 Å². The number of carboxylic acid groups (broad SMARTS) is 1. The van der Waals surface area contributed by atoms with E-state index < -0.39 is 30.6 Å². The molecule has 0 unspecified atom stereocenters. The SMILES string of the molecule is Cc1cccc(C)c1O[C@@H](CC(F)(F)F)C(=O)Nc1ccc(N2CCN[C@@H](C)C2)cc1C(=O)O. The number of benzene rings is 2. The Morgan fingerprint density at radius 1 is 1.24 bits per heavy atom. The van der Waals surface area contributed by atoms with Crippen molar-refractivity contribution in [2.45, 2.75) is 45.5 Å². The molecule has 1 amide bonds. The van der Waals surface area contributed by atoms with Gasteiger partial charge in [-0.2, -0.15) is 13.2 Å². The van der Waals surface area contributed by atoms with Crippen LogP contribution in [0.25, 0.3) is 0 Å². The number of carbonyl (C=O) groups is 2. The van der Waals surface area contributed by atoms with Gasteiger partial charge < -0.3 is 25.4 Å². The first-order valence-corrected chi connectivity index (χ1v) is 10.9. The number of piperazine rings is 1. The summed E-state index contributed by atoms with van der Waals surface area (Å²) in [6.45, 7) is 7.42. The summed E-state index contributed by atoms with van der Waals surface area (Å²) in [5, 5.41) is 15.3. The lowest BCUT2D eigenvalue weighted by Crippen LogP contribution is -2.49. The van der Waals surface area contributed by atoms with Gasteiger partial charge in [-0.25, -0.2) is 4.79 Å². The average molecular weight is 479 g/mol. The van der Waals surface area contributed by atoms with E-state index >= 15 is 0 Å². The predicted octanol–water partition coefficient (Wildman–Crippen LogP) is 4.14. The second kappa shape index (κ2) is 10.3. The van der Waals surface area contributed by atoms with Crippen LogP contribution in [0, 0.1) is 13.8 Å². The minimum Gasteiger partial charge on any atom is -0.480 e. The molecule has 10 heteroatoms. The van der Waals surface area contributed by atoms with Gasteiger partial charge >= 0.3 is 12.1 Å². The molecule has 3 rings (SSSR count). The Morgan fingerprint density at radius 2 is 1.91 bits per heavy atom. The highest BCUT2D eigenvalue weighted by Gasteiger charge is 2.37. The Kier molecular flexibility index (Phi) is 7.71. The van der Waals surface area contributed by atoms with Gasteiger partial charge in [0.2, 0.25) is 0 Å². The maximum atomic E-state index is 13.2. The van der Waals surface area contributed by atoms with E-state index in [1.54, 1.807) is 38.1 Å². The summed E-state index contributed by atoms with van der Waals surface area (Å²) in [4.78, 5) is 26.8. The molecule has 1 saturated heterocycles. The van der Waals surface area contributed by atoms with Gasteiger partial charge in [0.05, 0.1) is 17.7 Å². The highest BCUT2D eigenvalue weighted by molar-refractivity contribution is 6.02. The number of carboxylic acids is 1. The third-order valence-corrected chi connectivity index (χ3v) is 5.60. The molecule has 1 aliphatic rings. The lowest BCUT2D eigenvalue weighted by Gasteiger charge is -2.34. The molecule has 2 aromatic rings. The topological polar surface area (TPSA) is 90.9 Å². The van der Waals surface area contributed by atoms with Crippen LogP contribution in [0.5, 0.6) is 5.75 Å². The number of aromatic carboxylic acids is 1. The zero-order valence-electron chi connectivity index (χ0n) is 19.2. The van der Waals surface area contributed by atoms with E-state index in [0.717, 1.165) is 6.54 Å². The minimum atomic E-state index is -4.67. The zero-order valence-corrected chi connectivity index (χ0v) is 19.2. The van der Waals surface area contributed by atoms with Crippen LogP contribution < -0.4 is 20.3 Å². The number of carbonyl (C=O) groups excluding carboxylic acids is 1. The Morgan fingerprint density at radius 3 is 2.50 bits per heavy atom. The number of para-hydroxylation sites is 1. The first-order chi connectivity index (χ1) is 15.9. The van der Waals surface area contributed by atoms with Gasteiger partial charge in [0.1, 0.15) is 5.75 Å². The van der Waals surface area contributed by atoms with Crippen LogP contribution in [0.1, 0.15) is 34.8 Å². The maximum absolute atomic E-state index is 13.2. The summed E-state index contributed by atoms with van der Waals surface area (Å²) >= 11 is 0. The highest BCUT2D eigenvalue weighted by Crippen LogP contribution is 2.30. The number of ether oxygens (including phenoxy) is 1. The Hall–Kier alpha value is -3.27. The highest BCUT2D eigenvalue weighted by atomic mass is 19.4. The molecule has 1 aliphatic heterocycles. The van der Waals surface area contributed by atoms with Crippen molar-refractivity contribution in [1.29, 1.82) is 0 Å². The second-order valence-electron chi connectivity index (χ2n) is 8.47. The van der Waals surface area contributed by atoms with Gasteiger partial charge in [-0.1, -0.05) is 18.2 Å². The number of anilines is 2. The molecule has 1 heterocycles. The van der Waals surface area contributed by atoms with Gasteiger partial charge in [0.15, 0.2) is 6.10 Å². The standard InChI is InChI=1S/C24H28F3N3O4/c1-14-5-4-6-15(2)21(14)34-20(12-24(25,26)27)22(31)29-19-8-7-17(11-18(19)23(32)33)30-10-9-28-16(3)13-30/h4-8,11,16,20,28H,9-10,12-13H2,1-3H3,(H,29,31)(H,32,33)/t16-,20-/m0/s1. The van der Waals surface area contributed by atoms with E-state index in [1.807, 2.05) is 11.8 Å². The Labute approximate surface area is 195 Å². The molecular weight excluding hydrogens is 451 g/mol. The number of nitrogens with one attached hydrogen (secondary N) is 2. The van der Waals surface area contributed by atoms with Gasteiger partial charge in [0.25, 0.3) is 5.91 Å². The van der Waals surface area contributed by atoms with Crippen molar-refractivity contribution in [3.05, 3.63) is 53.1 Å². The number of rotatable bonds is 7. The number of nitrogens with zero attached hydrogens (tertiary/aromatic N) is 1. The van der Waals surface area contributed by atoms with Crippen LogP contribution >= 0.6 is 0 Å². The van der Waals surface area contributed by atoms with Crippen LogP contribution in [0.3, 0.4) is 0 Å². The molecule has 34 heavy (non-hydrogen) atoms. The summed E-state index contributed by atoms with van der Waals surface area (Å²) in [6, 6.07) is 9.74. The number of halogens is 3. The van der Waals surface area contributed by atoms with Crippen LogP contribution in [-0.4, -0.2) is 54.9 Å². The molecule has 0 aliphatic carbocycles. The number of alkyl halides is 3. The lowest BCUT2D eigenvalue weighted by atomic mass is 10.1. The molecule has 3 N–H and O–H groups in total. The van der Waals surface area contributed by atoms with Crippen LogP contribution in [-0.2, 0) is 4.79 Å². The molecule has 0 radical (unpaired) electrons. The maximum Gasteiger partial charge on any atom is 0.393 e. The van der Waals surface area contributed by atoms with Crippen LogP contribution in [0.4, 0.5) is 24.5 Å².